The van der Waals surface area contributed by atoms with Gasteiger partial charge in [-0.25, -0.2) is 9.78 Å². The van der Waals surface area contributed by atoms with Gasteiger partial charge in [-0.2, -0.15) is 0 Å². The monoisotopic (exact) mass is 517 g/mol. The number of nitrogen functional groups attached to an aromatic ring is 1. The van der Waals surface area contributed by atoms with Crippen LogP contribution in [0.2, 0.25) is 0 Å². The second-order valence-electron chi connectivity index (χ2n) is 10.2. The first kappa shape index (κ1) is 26.6. The highest BCUT2D eigenvalue weighted by Crippen LogP contribution is 2.45. The van der Waals surface area contributed by atoms with Crippen molar-refractivity contribution in [1.29, 1.82) is 0 Å². The van der Waals surface area contributed by atoms with Crippen LogP contribution in [0.15, 0.2) is 60.7 Å². The molecule has 1 aliphatic carbocycles. The molecule has 4 N–H and O–H groups in total. The van der Waals surface area contributed by atoms with Gasteiger partial charge in [0.15, 0.2) is 6.10 Å². The number of thiophene rings is 1. The number of aliphatic carboxylic acids is 1. The number of carboxylic acids is 1. The lowest BCUT2D eigenvalue weighted by Gasteiger charge is -2.28. The number of carboxylic acid groups (broad SMARTS) is 1. The van der Waals surface area contributed by atoms with Gasteiger partial charge in [0.25, 0.3) is 0 Å². The number of ether oxygens (including phenoxy) is 1. The highest BCUT2D eigenvalue weighted by Gasteiger charge is 2.33. The molecule has 0 aliphatic heterocycles. The van der Waals surface area contributed by atoms with E-state index in [1.165, 1.54) is 16.9 Å². The van der Waals surface area contributed by atoms with Gasteiger partial charge in [0.1, 0.15) is 4.83 Å². The summed E-state index contributed by atoms with van der Waals surface area (Å²) in [5, 5.41) is 14.7. The van der Waals surface area contributed by atoms with Crippen molar-refractivity contribution in [3.63, 3.8) is 0 Å². The number of para-hydroxylation sites is 2. The van der Waals surface area contributed by atoms with Crippen LogP contribution in [0.3, 0.4) is 0 Å². The molecule has 0 spiro atoms. The van der Waals surface area contributed by atoms with E-state index in [0.29, 0.717) is 11.3 Å². The van der Waals surface area contributed by atoms with Crippen molar-refractivity contribution in [2.75, 3.05) is 11.1 Å². The van der Waals surface area contributed by atoms with Crippen molar-refractivity contribution in [2.45, 2.75) is 65.1 Å². The quantitative estimate of drug-likeness (QED) is 0.238. The van der Waals surface area contributed by atoms with Crippen molar-refractivity contribution < 1.29 is 14.6 Å². The number of benzene rings is 2. The van der Waals surface area contributed by atoms with E-state index in [-0.39, 0.29) is 0 Å². The number of rotatable bonds is 5. The standard InChI is InChI=1S/C24H28N2O3S.C6H7N/c1-14-18(21(23(27)28)29-24(2,3)4)20(26-15-10-6-5-7-11-15)19-16-12-8-9-13-17(16)30-22(19)25-14;7-6-4-2-1-3-5-6/h5-7,10-11,21H,8-9,12-13H2,1-4H3,(H,25,26)(H,27,28);1-5H,7H2. The number of hydrogen-bond donors (Lipinski definition) is 3. The van der Waals surface area contributed by atoms with Crippen LogP contribution in [-0.4, -0.2) is 21.7 Å². The Morgan fingerprint density at radius 1 is 1.05 bits per heavy atom. The van der Waals surface area contributed by atoms with Crippen LogP contribution in [0.5, 0.6) is 0 Å². The number of nitrogens with one attached hydrogen (secondary N) is 1. The van der Waals surface area contributed by atoms with Gasteiger partial charge >= 0.3 is 5.97 Å². The van der Waals surface area contributed by atoms with Crippen LogP contribution in [0.25, 0.3) is 10.2 Å². The fourth-order valence-corrected chi connectivity index (χ4v) is 5.89. The molecule has 6 nitrogen and oxygen atoms in total. The van der Waals surface area contributed by atoms with Crippen LogP contribution in [0, 0.1) is 6.92 Å². The molecule has 2 aromatic carbocycles. The van der Waals surface area contributed by atoms with Crippen molar-refractivity contribution in [3.8, 4) is 0 Å². The summed E-state index contributed by atoms with van der Waals surface area (Å²) < 4.78 is 6.04. The number of nitrogens with two attached hydrogens (primary N) is 1. The number of nitrogens with zero attached hydrogens (tertiary/aromatic N) is 1. The molecule has 7 heteroatoms. The number of aryl methyl sites for hydroxylation is 3. The van der Waals surface area contributed by atoms with E-state index in [9.17, 15) is 9.90 Å². The summed E-state index contributed by atoms with van der Waals surface area (Å²) in [5.41, 5.74) is 9.92. The maximum Gasteiger partial charge on any atom is 0.337 e. The summed E-state index contributed by atoms with van der Waals surface area (Å²) in [6, 6.07) is 19.4. The number of aromatic nitrogens is 1. The van der Waals surface area contributed by atoms with E-state index >= 15 is 0 Å². The number of pyridine rings is 1. The maximum atomic E-state index is 12.3. The average Bonchev–Trinajstić information content (AvgIpc) is 3.22. The van der Waals surface area contributed by atoms with Gasteiger partial charge in [-0.3, -0.25) is 0 Å². The van der Waals surface area contributed by atoms with E-state index in [0.717, 1.165) is 46.5 Å². The maximum absolute atomic E-state index is 12.3. The van der Waals surface area contributed by atoms with Crippen LogP contribution in [0.1, 0.15) is 61.4 Å². The summed E-state index contributed by atoms with van der Waals surface area (Å²) in [7, 11) is 0. The van der Waals surface area contributed by atoms with Gasteiger partial charge in [0, 0.05) is 32.9 Å². The first-order chi connectivity index (χ1) is 17.6. The zero-order valence-electron chi connectivity index (χ0n) is 21.9. The van der Waals surface area contributed by atoms with E-state index in [1.54, 1.807) is 11.3 Å². The van der Waals surface area contributed by atoms with E-state index < -0.39 is 17.7 Å². The number of hydrogen-bond acceptors (Lipinski definition) is 6. The minimum atomic E-state index is -1.10. The minimum Gasteiger partial charge on any atom is -0.479 e. The normalized spacial score (nSPS) is 13.8. The molecule has 1 atom stereocenters. The fraction of sp³-hybridized carbons (Fsp3) is 0.333. The predicted octanol–water partition coefficient (Wildman–Crippen LogP) is 7.44. The fourth-order valence-electron chi connectivity index (χ4n) is 4.57. The number of fused-ring (bicyclic) bond motifs is 3. The first-order valence-corrected chi connectivity index (χ1v) is 13.4. The number of anilines is 3. The van der Waals surface area contributed by atoms with Gasteiger partial charge in [0.2, 0.25) is 0 Å². The Hall–Kier alpha value is -3.42. The molecule has 37 heavy (non-hydrogen) atoms. The first-order valence-electron chi connectivity index (χ1n) is 12.6. The second kappa shape index (κ2) is 11.3. The third kappa shape index (κ3) is 6.48. The Balaban J connectivity index is 0.000000396. The third-order valence-corrected chi connectivity index (χ3v) is 7.32. The molecule has 0 fully saturated rings. The predicted molar refractivity (Wildman–Crippen MR) is 153 cm³/mol. The average molecular weight is 518 g/mol. The zero-order valence-corrected chi connectivity index (χ0v) is 22.7. The van der Waals surface area contributed by atoms with Crippen LogP contribution in [0.4, 0.5) is 17.1 Å². The van der Waals surface area contributed by atoms with Crippen molar-refractivity contribution in [1.82, 2.24) is 4.98 Å². The van der Waals surface area contributed by atoms with E-state index in [2.05, 4.69) is 5.32 Å². The van der Waals surface area contributed by atoms with Crippen molar-refractivity contribution in [3.05, 3.63) is 82.4 Å². The highest BCUT2D eigenvalue weighted by atomic mass is 32.1. The summed E-state index contributed by atoms with van der Waals surface area (Å²) in [6.07, 6.45) is 3.30. The number of carbonyl (C=O) groups is 1. The van der Waals surface area contributed by atoms with Gasteiger partial charge in [-0.1, -0.05) is 36.4 Å². The van der Waals surface area contributed by atoms with Crippen molar-refractivity contribution in [2.24, 2.45) is 0 Å². The summed E-state index contributed by atoms with van der Waals surface area (Å²) >= 11 is 1.74. The Labute approximate surface area is 222 Å². The van der Waals surface area contributed by atoms with Gasteiger partial charge < -0.3 is 20.9 Å². The van der Waals surface area contributed by atoms with E-state index in [4.69, 9.17) is 15.5 Å². The Morgan fingerprint density at radius 3 is 2.24 bits per heavy atom. The zero-order chi connectivity index (χ0) is 26.6. The second-order valence-corrected chi connectivity index (χ2v) is 11.3. The Morgan fingerprint density at radius 2 is 1.68 bits per heavy atom. The molecule has 0 bridgehead atoms. The van der Waals surface area contributed by atoms with Crippen LogP contribution in [-0.2, 0) is 22.4 Å². The molecule has 2 heterocycles. The minimum absolute atomic E-state index is 0.609. The van der Waals surface area contributed by atoms with Gasteiger partial charge in [-0.15, -0.1) is 11.3 Å². The highest BCUT2D eigenvalue weighted by molar-refractivity contribution is 7.19. The summed E-state index contributed by atoms with van der Waals surface area (Å²) in [4.78, 5) is 19.5. The molecule has 5 rings (SSSR count). The smallest absolute Gasteiger partial charge is 0.337 e. The topological polar surface area (TPSA) is 97.5 Å². The SMILES string of the molecule is Cc1nc2sc3c(c2c(Nc2ccccc2)c1C(OC(C)(C)C)C(=O)O)CCCC3.Nc1ccccc1. The molecule has 0 amide bonds. The molecule has 194 valence electrons. The third-order valence-electron chi connectivity index (χ3n) is 6.13. The molecular weight excluding hydrogens is 482 g/mol. The lowest BCUT2D eigenvalue weighted by molar-refractivity contribution is -0.160. The largest absolute Gasteiger partial charge is 0.479 e. The molecule has 0 saturated heterocycles. The molecule has 1 unspecified atom stereocenters. The summed E-state index contributed by atoms with van der Waals surface area (Å²) in [6.45, 7) is 7.51. The molecule has 0 saturated carbocycles. The van der Waals surface area contributed by atoms with E-state index in [1.807, 2.05) is 88.4 Å². The molecule has 4 aromatic rings. The molecule has 0 radical (unpaired) electrons. The molecule has 2 aromatic heterocycles. The van der Waals surface area contributed by atoms with Crippen LogP contribution >= 0.6 is 11.3 Å². The van der Waals surface area contributed by atoms with Crippen molar-refractivity contribution >= 4 is 44.6 Å². The Kier molecular flexibility index (Phi) is 8.15. The van der Waals surface area contributed by atoms with Gasteiger partial charge in [0.05, 0.1) is 11.3 Å². The molecular formula is C30H35N3O3S. The lowest BCUT2D eigenvalue weighted by Crippen LogP contribution is -2.28. The summed E-state index contributed by atoms with van der Waals surface area (Å²) in [5.74, 6) is -1.01. The Bertz CT molecular complexity index is 1360. The van der Waals surface area contributed by atoms with Gasteiger partial charge in [-0.05, 0) is 83.2 Å². The molecule has 1 aliphatic rings. The lowest BCUT2D eigenvalue weighted by atomic mass is 9.93. The van der Waals surface area contributed by atoms with Crippen LogP contribution < -0.4 is 11.1 Å².